The molecule has 1 aromatic carbocycles. The fourth-order valence-corrected chi connectivity index (χ4v) is 4.16. The predicted molar refractivity (Wildman–Crippen MR) is 85.7 cm³/mol. The summed E-state index contributed by atoms with van der Waals surface area (Å²) in [6.45, 7) is 0. The van der Waals surface area contributed by atoms with Gasteiger partial charge in [0.2, 0.25) is 0 Å². The third kappa shape index (κ3) is 3.68. The summed E-state index contributed by atoms with van der Waals surface area (Å²) in [6, 6.07) is 4.46. The molecule has 1 amide bonds. The van der Waals surface area contributed by atoms with Crippen LogP contribution in [0.5, 0.6) is 0 Å². The van der Waals surface area contributed by atoms with Crippen molar-refractivity contribution in [2.24, 2.45) is 0 Å². The summed E-state index contributed by atoms with van der Waals surface area (Å²) in [5, 5.41) is 0. The maximum Gasteiger partial charge on any atom is 0.501 e. The van der Waals surface area contributed by atoms with E-state index in [-0.39, 0.29) is 23.6 Å². The van der Waals surface area contributed by atoms with Gasteiger partial charge < -0.3 is 4.90 Å². The zero-order chi connectivity index (χ0) is 18.2. The Kier molecular flexibility index (Phi) is 4.83. The molecule has 2 aliphatic carbocycles. The number of carbonyl (C=O) groups is 1. The van der Waals surface area contributed by atoms with Gasteiger partial charge in [-0.1, -0.05) is 19.3 Å². The molecule has 2 saturated carbocycles. The predicted octanol–water partition coefficient (Wildman–Crippen LogP) is 3.92. The van der Waals surface area contributed by atoms with Crippen LogP contribution in [0, 0.1) is 0 Å². The molecule has 4 nitrogen and oxygen atoms in total. The first-order chi connectivity index (χ1) is 11.7. The minimum atomic E-state index is -5.39. The van der Waals surface area contributed by atoms with Crippen molar-refractivity contribution in [1.82, 2.24) is 4.90 Å². The quantitative estimate of drug-likeness (QED) is 0.802. The van der Waals surface area contributed by atoms with Crippen molar-refractivity contribution in [1.29, 1.82) is 0 Å². The number of carbonyl (C=O) groups excluding carboxylic acids is 1. The lowest BCUT2D eigenvalue weighted by Crippen LogP contribution is -2.43. The second kappa shape index (κ2) is 6.63. The van der Waals surface area contributed by atoms with E-state index in [2.05, 4.69) is 0 Å². The molecule has 0 bridgehead atoms. The lowest BCUT2D eigenvalue weighted by atomic mass is 9.93. The van der Waals surface area contributed by atoms with E-state index in [0.29, 0.717) is 0 Å². The van der Waals surface area contributed by atoms with Crippen LogP contribution in [-0.4, -0.2) is 36.8 Å². The highest BCUT2D eigenvalue weighted by Gasteiger charge is 2.47. The zero-order valence-electron chi connectivity index (χ0n) is 13.6. The van der Waals surface area contributed by atoms with Crippen LogP contribution in [0.2, 0.25) is 0 Å². The van der Waals surface area contributed by atoms with E-state index in [9.17, 15) is 26.4 Å². The van der Waals surface area contributed by atoms with Gasteiger partial charge >= 0.3 is 5.51 Å². The summed E-state index contributed by atoms with van der Waals surface area (Å²) >= 11 is 0. The minimum absolute atomic E-state index is 0.173. The number of hydrogen-bond donors (Lipinski definition) is 0. The Balaban J connectivity index is 1.82. The fourth-order valence-electron chi connectivity index (χ4n) is 3.40. The van der Waals surface area contributed by atoms with E-state index in [4.69, 9.17) is 0 Å². The van der Waals surface area contributed by atoms with E-state index >= 15 is 0 Å². The van der Waals surface area contributed by atoms with Crippen molar-refractivity contribution in [3.63, 3.8) is 0 Å². The Bertz CT molecular complexity index is 733. The fraction of sp³-hybridized carbons (Fsp3) is 0.588. The first kappa shape index (κ1) is 18.2. The van der Waals surface area contributed by atoms with Crippen LogP contribution in [0.15, 0.2) is 29.2 Å². The summed E-state index contributed by atoms with van der Waals surface area (Å²) in [5.74, 6) is -0.217. The molecule has 2 fully saturated rings. The summed E-state index contributed by atoms with van der Waals surface area (Å²) < 4.78 is 60.6. The lowest BCUT2D eigenvalue weighted by molar-refractivity contribution is -0.0436. The third-order valence-electron chi connectivity index (χ3n) is 4.86. The van der Waals surface area contributed by atoms with Crippen LogP contribution in [0.25, 0.3) is 0 Å². The molecular formula is C17H20F3NO3S. The molecule has 2 aliphatic rings. The van der Waals surface area contributed by atoms with Gasteiger partial charge in [-0.15, -0.1) is 0 Å². The van der Waals surface area contributed by atoms with Crippen LogP contribution >= 0.6 is 0 Å². The van der Waals surface area contributed by atoms with E-state index in [1.54, 1.807) is 0 Å². The van der Waals surface area contributed by atoms with Gasteiger partial charge in [-0.25, -0.2) is 8.42 Å². The maximum atomic E-state index is 12.8. The second-order valence-corrected chi connectivity index (χ2v) is 8.65. The number of hydrogen-bond acceptors (Lipinski definition) is 3. The maximum absolute atomic E-state index is 12.8. The van der Waals surface area contributed by atoms with Crippen LogP contribution < -0.4 is 0 Å². The Labute approximate surface area is 144 Å². The van der Waals surface area contributed by atoms with E-state index in [0.717, 1.165) is 57.1 Å². The Morgan fingerprint density at radius 2 is 1.44 bits per heavy atom. The molecule has 0 aromatic heterocycles. The molecule has 0 saturated heterocycles. The minimum Gasteiger partial charge on any atom is -0.333 e. The number of rotatable bonds is 4. The van der Waals surface area contributed by atoms with Gasteiger partial charge in [0.1, 0.15) is 0 Å². The number of sulfone groups is 1. The molecule has 0 spiro atoms. The molecule has 0 radical (unpaired) electrons. The third-order valence-corrected chi connectivity index (χ3v) is 6.36. The van der Waals surface area contributed by atoms with Gasteiger partial charge in [-0.3, -0.25) is 4.79 Å². The van der Waals surface area contributed by atoms with Crippen LogP contribution in [0.4, 0.5) is 13.2 Å². The molecule has 8 heteroatoms. The van der Waals surface area contributed by atoms with E-state index < -0.39 is 20.2 Å². The highest BCUT2D eigenvalue weighted by molar-refractivity contribution is 7.92. The number of benzene rings is 1. The molecule has 3 rings (SSSR count). The van der Waals surface area contributed by atoms with E-state index in [1.165, 1.54) is 12.1 Å². The summed E-state index contributed by atoms with van der Waals surface area (Å²) in [6.07, 6.45) is 7.10. The Morgan fingerprint density at radius 3 is 1.92 bits per heavy atom. The molecule has 25 heavy (non-hydrogen) atoms. The summed E-state index contributed by atoms with van der Waals surface area (Å²) in [5.41, 5.74) is -5.11. The van der Waals surface area contributed by atoms with Crippen LogP contribution in [0.3, 0.4) is 0 Å². The topological polar surface area (TPSA) is 54.5 Å². The first-order valence-corrected chi connectivity index (χ1v) is 9.94. The molecule has 0 atom stereocenters. The monoisotopic (exact) mass is 375 g/mol. The van der Waals surface area contributed by atoms with Crippen molar-refractivity contribution >= 4 is 15.7 Å². The number of alkyl halides is 3. The summed E-state index contributed by atoms with van der Waals surface area (Å²) in [4.78, 5) is 13.9. The standard InChI is InChI=1S/C17H20F3NO3S/c18-17(19,20)25(23,24)15-10-6-12(7-11-15)16(22)21(14-8-9-14)13-4-2-1-3-5-13/h6-7,10-11,13-14H,1-5,8-9H2. The SMILES string of the molecule is O=C(c1ccc(S(=O)(=O)C(F)(F)F)cc1)N(C1CCCCC1)C1CC1. The highest BCUT2D eigenvalue weighted by Crippen LogP contribution is 2.35. The summed E-state index contributed by atoms with van der Waals surface area (Å²) in [7, 11) is -5.39. The van der Waals surface area contributed by atoms with Gasteiger partial charge in [-0.05, 0) is 49.9 Å². The van der Waals surface area contributed by atoms with Crippen molar-refractivity contribution in [3.05, 3.63) is 29.8 Å². The van der Waals surface area contributed by atoms with Gasteiger partial charge in [0.15, 0.2) is 0 Å². The lowest BCUT2D eigenvalue weighted by Gasteiger charge is -2.34. The number of nitrogens with zero attached hydrogens (tertiary/aromatic N) is 1. The van der Waals surface area contributed by atoms with Crippen molar-refractivity contribution < 1.29 is 26.4 Å². The Hall–Kier alpha value is -1.57. The molecule has 0 unspecified atom stereocenters. The smallest absolute Gasteiger partial charge is 0.333 e. The molecule has 138 valence electrons. The normalized spacial score (nSPS) is 19.6. The first-order valence-electron chi connectivity index (χ1n) is 8.46. The van der Waals surface area contributed by atoms with Gasteiger partial charge in [0.05, 0.1) is 4.90 Å². The van der Waals surface area contributed by atoms with Crippen molar-refractivity contribution in [2.75, 3.05) is 0 Å². The van der Waals surface area contributed by atoms with E-state index in [1.807, 2.05) is 4.90 Å². The average molecular weight is 375 g/mol. The molecule has 0 aliphatic heterocycles. The highest BCUT2D eigenvalue weighted by atomic mass is 32.2. The largest absolute Gasteiger partial charge is 0.501 e. The second-order valence-electron chi connectivity index (χ2n) is 6.71. The Morgan fingerprint density at radius 1 is 0.920 bits per heavy atom. The van der Waals surface area contributed by atoms with Gasteiger partial charge in [-0.2, -0.15) is 13.2 Å². The van der Waals surface area contributed by atoms with Crippen LogP contribution in [-0.2, 0) is 9.84 Å². The number of halogens is 3. The number of amides is 1. The molecule has 1 aromatic rings. The van der Waals surface area contributed by atoms with Gasteiger partial charge in [0.25, 0.3) is 15.7 Å². The average Bonchev–Trinajstić information content (AvgIpc) is 3.40. The molecule has 0 heterocycles. The van der Waals surface area contributed by atoms with Crippen molar-refractivity contribution in [2.45, 2.75) is 67.4 Å². The van der Waals surface area contributed by atoms with Crippen LogP contribution in [0.1, 0.15) is 55.3 Å². The van der Waals surface area contributed by atoms with Gasteiger partial charge in [0, 0.05) is 17.6 Å². The molecule has 0 N–H and O–H groups in total. The molecular weight excluding hydrogens is 355 g/mol. The zero-order valence-corrected chi connectivity index (χ0v) is 14.4. The van der Waals surface area contributed by atoms with Crippen molar-refractivity contribution in [3.8, 4) is 0 Å².